The van der Waals surface area contributed by atoms with E-state index in [-0.39, 0.29) is 6.04 Å². The molecule has 0 aliphatic heterocycles. The molecule has 0 amide bonds. The average Bonchev–Trinajstić information content (AvgIpc) is 2.98. The van der Waals surface area contributed by atoms with Gasteiger partial charge in [0.2, 0.25) is 0 Å². The van der Waals surface area contributed by atoms with Crippen molar-refractivity contribution < 1.29 is 4.42 Å². The van der Waals surface area contributed by atoms with Crippen LogP contribution in [0.2, 0.25) is 0 Å². The Balaban J connectivity index is 1.77. The van der Waals surface area contributed by atoms with Crippen molar-refractivity contribution >= 4 is 0 Å². The number of nitrogens with zero attached hydrogens (tertiary/aromatic N) is 2. The molecule has 0 saturated carbocycles. The lowest BCUT2D eigenvalue weighted by Gasteiger charge is -2.26. The fourth-order valence-electron chi connectivity index (χ4n) is 2.95. The number of fused-ring (bicyclic) bond motifs is 1. The van der Waals surface area contributed by atoms with Gasteiger partial charge in [-0.15, -0.1) is 0 Å². The van der Waals surface area contributed by atoms with Crippen LogP contribution in [0.5, 0.6) is 0 Å². The SMILES string of the molecule is Cc1ccc(C(C)NC2CCCc3c2cnn3C)o1. The molecule has 19 heavy (non-hydrogen) atoms. The average molecular weight is 259 g/mol. The van der Waals surface area contributed by atoms with Gasteiger partial charge in [-0.05, 0) is 45.2 Å². The number of aryl methyl sites for hydroxylation is 2. The van der Waals surface area contributed by atoms with Crippen molar-refractivity contribution in [2.45, 2.75) is 45.2 Å². The Bertz CT molecular complexity index is 570. The van der Waals surface area contributed by atoms with E-state index in [1.54, 1.807) is 0 Å². The van der Waals surface area contributed by atoms with Gasteiger partial charge in [0.1, 0.15) is 11.5 Å². The molecule has 2 aromatic rings. The lowest BCUT2D eigenvalue weighted by Crippen LogP contribution is -2.27. The minimum atomic E-state index is 0.227. The third kappa shape index (κ3) is 2.32. The number of hydrogen-bond acceptors (Lipinski definition) is 3. The third-order valence-electron chi connectivity index (χ3n) is 4.01. The summed E-state index contributed by atoms with van der Waals surface area (Å²) in [6.45, 7) is 4.14. The molecule has 2 unspecified atom stereocenters. The second kappa shape index (κ2) is 4.85. The fourth-order valence-corrected chi connectivity index (χ4v) is 2.95. The topological polar surface area (TPSA) is 43.0 Å². The lowest BCUT2D eigenvalue weighted by atomic mass is 9.92. The molecule has 2 aromatic heterocycles. The minimum Gasteiger partial charge on any atom is -0.465 e. The van der Waals surface area contributed by atoms with Crippen LogP contribution in [0.15, 0.2) is 22.7 Å². The van der Waals surface area contributed by atoms with Gasteiger partial charge in [-0.25, -0.2) is 0 Å². The summed E-state index contributed by atoms with van der Waals surface area (Å²) in [5.74, 6) is 1.97. The molecule has 4 heteroatoms. The number of nitrogens with one attached hydrogen (secondary N) is 1. The van der Waals surface area contributed by atoms with Gasteiger partial charge in [0.15, 0.2) is 0 Å². The highest BCUT2D eigenvalue weighted by Crippen LogP contribution is 2.31. The maximum absolute atomic E-state index is 5.70. The summed E-state index contributed by atoms with van der Waals surface area (Å²) in [4.78, 5) is 0. The summed E-state index contributed by atoms with van der Waals surface area (Å²) in [5, 5.41) is 8.06. The molecule has 0 saturated heterocycles. The van der Waals surface area contributed by atoms with Gasteiger partial charge in [-0.1, -0.05) is 0 Å². The maximum Gasteiger partial charge on any atom is 0.120 e. The number of furan rings is 1. The predicted octanol–water partition coefficient (Wildman–Crippen LogP) is 3.05. The van der Waals surface area contributed by atoms with Crippen molar-refractivity contribution in [3.63, 3.8) is 0 Å². The van der Waals surface area contributed by atoms with Crippen LogP contribution in [0.1, 0.15) is 54.6 Å². The highest BCUT2D eigenvalue weighted by Gasteiger charge is 2.25. The van der Waals surface area contributed by atoms with Crippen LogP contribution >= 0.6 is 0 Å². The second-order valence-electron chi connectivity index (χ2n) is 5.45. The largest absolute Gasteiger partial charge is 0.465 e. The number of rotatable bonds is 3. The van der Waals surface area contributed by atoms with Crippen LogP contribution in [0.4, 0.5) is 0 Å². The van der Waals surface area contributed by atoms with Gasteiger partial charge < -0.3 is 9.73 Å². The van der Waals surface area contributed by atoms with E-state index in [1.807, 2.05) is 30.9 Å². The van der Waals surface area contributed by atoms with E-state index in [0.29, 0.717) is 6.04 Å². The monoisotopic (exact) mass is 259 g/mol. The first kappa shape index (κ1) is 12.5. The number of aromatic nitrogens is 2. The molecule has 1 N–H and O–H groups in total. The smallest absolute Gasteiger partial charge is 0.120 e. The molecule has 2 atom stereocenters. The van der Waals surface area contributed by atoms with Gasteiger partial charge in [-0.3, -0.25) is 4.68 Å². The van der Waals surface area contributed by atoms with Gasteiger partial charge in [-0.2, -0.15) is 5.10 Å². The van der Waals surface area contributed by atoms with Gasteiger partial charge in [0.05, 0.1) is 12.2 Å². The van der Waals surface area contributed by atoms with Crippen LogP contribution in [-0.2, 0) is 13.5 Å². The van der Waals surface area contributed by atoms with Gasteiger partial charge in [0, 0.05) is 24.3 Å². The first-order valence-electron chi connectivity index (χ1n) is 6.98. The van der Waals surface area contributed by atoms with E-state index in [2.05, 4.69) is 23.4 Å². The van der Waals surface area contributed by atoms with E-state index in [9.17, 15) is 0 Å². The Morgan fingerprint density at radius 2 is 2.32 bits per heavy atom. The molecule has 102 valence electrons. The Morgan fingerprint density at radius 3 is 3.05 bits per heavy atom. The highest BCUT2D eigenvalue weighted by atomic mass is 16.3. The van der Waals surface area contributed by atoms with Gasteiger partial charge in [0.25, 0.3) is 0 Å². The van der Waals surface area contributed by atoms with E-state index in [4.69, 9.17) is 4.42 Å². The normalized spacial score (nSPS) is 20.3. The summed E-state index contributed by atoms with van der Waals surface area (Å²) in [6, 6.07) is 4.69. The highest BCUT2D eigenvalue weighted by molar-refractivity contribution is 5.25. The first-order valence-corrected chi connectivity index (χ1v) is 6.98. The zero-order valence-corrected chi connectivity index (χ0v) is 11.8. The van der Waals surface area contributed by atoms with E-state index >= 15 is 0 Å². The van der Waals surface area contributed by atoms with Crippen LogP contribution in [0.25, 0.3) is 0 Å². The lowest BCUT2D eigenvalue weighted by molar-refractivity contribution is 0.360. The van der Waals surface area contributed by atoms with Crippen molar-refractivity contribution in [2.75, 3.05) is 0 Å². The summed E-state index contributed by atoms with van der Waals surface area (Å²) in [6.07, 6.45) is 5.53. The molecule has 4 nitrogen and oxygen atoms in total. The van der Waals surface area contributed by atoms with E-state index in [0.717, 1.165) is 17.9 Å². The first-order chi connectivity index (χ1) is 9.15. The van der Waals surface area contributed by atoms with E-state index < -0.39 is 0 Å². The summed E-state index contributed by atoms with van der Waals surface area (Å²) in [7, 11) is 2.03. The Kier molecular flexibility index (Phi) is 3.19. The second-order valence-corrected chi connectivity index (χ2v) is 5.45. The molecule has 0 fully saturated rings. The Hall–Kier alpha value is -1.55. The molecule has 0 aromatic carbocycles. The standard InChI is InChI=1S/C15H21N3O/c1-10-7-8-15(19-10)11(2)17-13-5-4-6-14-12(13)9-16-18(14)3/h7-9,11,13,17H,4-6H2,1-3H3. The molecule has 2 heterocycles. The zero-order chi connectivity index (χ0) is 13.4. The molecule has 1 aliphatic carbocycles. The van der Waals surface area contributed by atoms with Crippen LogP contribution in [-0.4, -0.2) is 9.78 Å². The van der Waals surface area contributed by atoms with Crippen LogP contribution < -0.4 is 5.32 Å². The molecule has 0 spiro atoms. The summed E-state index contributed by atoms with van der Waals surface area (Å²) < 4.78 is 7.70. The van der Waals surface area contributed by atoms with Gasteiger partial charge >= 0.3 is 0 Å². The third-order valence-corrected chi connectivity index (χ3v) is 4.01. The minimum absolute atomic E-state index is 0.227. The van der Waals surface area contributed by atoms with Crippen molar-refractivity contribution in [2.24, 2.45) is 7.05 Å². The molecule has 0 bridgehead atoms. The van der Waals surface area contributed by atoms with Crippen molar-refractivity contribution in [3.05, 3.63) is 41.1 Å². The van der Waals surface area contributed by atoms with Crippen molar-refractivity contribution in [1.82, 2.24) is 15.1 Å². The Morgan fingerprint density at radius 1 is 1.47 bits per heavy atom. The van der Waals surface area contributed by atoms with Crippen LogP contribution in [0, 0.1) is 6.92 Å². The fraction of sp³-hybridized carbons (Fsp3) is 0.533. The summed E-state index contributed by atoms with van der Waals surface area (Å²) >= 11 is 0. The molecule has 3 rings (SSSR count). The van der Waals surface area contributed by atoms with Crippen molar-refractivity contribution in [3.8, 4) is 0 Å². The zero-order valence-electron chi connectivity index (χ0n) is 11.8. The predicted molar refractivity (Wildman–Crippen MR) is 73.9 cm³/mol. The summed E-state index contributed by atoms with van der Waals surface area (Å²) in [5.41, 5.74) is 2.72. The Labute approximate surface area is 113 Å². The maximum atomic E-state index is 5.70. The quantitative estimate of drug-likeness (QED) is 0.921. The van der Waals surface area contributed by atoms with E-state index in [1.165, 1.54) is 24.1 Å². The van der Waals surface area contributed by atoms with Crippen molar-refractivity contribution in [1.29, 1.82) is 0 Å². The van der Waals surface area contributed by atoms with Crippen LogP contribution in [0.3, 0.4) is 0 Å². The molecule has 0 radical (unpaired) electrons. The number of hydrogen-bond donors (Lipinski definition) is 1. The molecular formula is C15H21N3O. The molecule has 1 aliphatic rings. The molecular weight excluding hydrogens is 238 g/mol.